The zero-order valence-corrected chi connectivity index (χ0v) is 16.4. The molecular formula is C19H17ClN2O5S. The molecule has 0 aliphatic carbocycles. The van der Waals surface area contributed by atoms with Crippen LogP contribution < -0.4 is 14.8 Å². The van der Waals surface area contributed by atoms with Crippen molar-refractivity contribution in [2.24, 2.45) is 0 Å². The molecule has 7 nitrogen and oxygen atoms in total. The largest absolute Gasteiger partial charge is 0.496 e. The molecule has 0 aliphatic heterocycles. The van der Waals surface area contributed by atoms with Gasteiger partial charge in [-0.3, -0.25) is 4.79 Å². The lowest BCUT2D eigenvalue weighted by Crippen LogP contribution is -2.23. The number of hydrogen-bond acceptors (Lipinski definition) is 5. The molecule has 0 saturated carbocycles. The van der Waals surface area contributed by atoms with Crippen molar-refractivity contribution in [3.63, 3.8) is 0 Å². The SMILES string of the molecule is COc1ccc(Cl)cc1C(=O)Nc1cccc(S(=O)(=O)NCc2ccco2)c1. The molecule has 0 radical (unpaired) electrons. The van der Waals surface area contributed by atoms with E-state index in [0.717, 1.165) is 0 Å². The number of amides is 1. The van der Waals surface area contributed by atoms with Crippen molar-refractivity contribution >= 4 is 33.2 Å². The minimum absolute atomic E-state index is 0.00918. The maximum absolute atomic E-state index is 12.6. The van der Waals surface area contributed by atoms with Gasteiger partial charge in [-0.05, 0) is 48.5 Å². The summed E-state index contributed by atoms with van der Waals surface area (Å²) >= 11 is 5.95. The van der Waals surface area contributed by atoms with Gasteiger partial charge in [0.15, 0.2) is 0 Å². The number of sulfonamides is 1. The summed E-state index contributed by atoms with van der Waals surface area (Å²) in [6.07, 6.45) is 1.46. The van der Waals surface area contributed by atoms with Crippen LogP contribution in [0.3, 0.4) is 0 Å². The average Bonchev–Trinajstić information content (AvgIpc) is 3.20. The van der Waals surface area contributed by atoms with Gasteiger partial charge in [-0.15, -0.1) is 0 Å². The molecule has 1 amide bonds. The molecule has 0 aliphatic rings. The number of methoxy groups -OCH3 is 1. The van der Waals surface area contributed by atoms with Gasteiger partial charge in [-0.1, -0.05) is 17.7 Å². The molecule has 0 spiro atoms. The zero-order chi connectivity index (χ0) is 20.1. The third-order valence-corrected chi connectivity index (χ3v) is 5.46. The van der Waals surface area contributed by atoms with Crippen molar-refractivity contribution in [3.8, 4) is 5.75 Å². The van der Waals surface area contributed by atoms with Gasteiger partial charge in [0.05, 0.1) is 30.4 Å². The summed E-state index contributed by atoms with van der Waals surface area (Å²) in [4.78, 5) is 12.6. The van der Waals surface area contributed by atoms with Gasteiger partial charge >= 0.3 is 0 Å². The number of ether oxygens (including phenoxy) is 1. The molecule has 1 heterocycles. The highest BCUT2D eigenvalue weighted by Gasteiger charge is 2.17. The molecule has 0 bridgehead atoms. The number of carbonyl (C=O) groups is 1. The Bertz CT molecular complexity index is 1080. The predicted octanol–water partition coefficient (Wildman–Crippen LogP) is 3.67. The Kier molecular flexibility index (Phi) is 6.03. The lowest BCUT2D eigenvalue weighted by atomic mass is 10.2. The second-order valence-corrected chi connectivity index (χ2v) is 7.93. The van der Waals surface area contributed by atoms with E-state index in [-0.39, 0.29) is 17.0 Å². The van der Waals surface area contributed by atoms with E-state index < -0.39 is 15.9 Å². The van der Waals surface area contributed by atoms with E-state index in [1.54, 1.807) is 30.3 Å². The summed E-state index contributed by atoms with van der Waals surface area (Å²) in [5.41, 5.74) is 0.548. The van der Waals surface area contributed by atoms with Crippen LogP contribution >= 0.6 is 11.6 Å². The van der Waals surface area contributed by atoms with Crippen LogP contribution in [0.1, 0.15) is 16.1 Å². The second-order valence-electron chi connectivity index (χ2n) is 5.73. The Morgan fingerprint density at radius 3 is 2.68 bits per heavy atom. The lowest BCUT2D eigenvalue weighted by Gasteiger charge is -2.11. The monoisotopic (exact) mass is 420 g/mol. The maximum Gasteiger partial charge on any atom is 0.259 e. The fraction of sp³-hybridized carbons (Fsp3) is 0.105. The highest BCUT2D eigenvalue weighted by atomic mass is 35.5. The standard InChI is InChI=1S/C19H17ClN2O5S/c1-26-18-8-7-13(20)10-17(18)19(23)22-14-4-2-6-16(11-14)28(24,25)21-12-15-5-3-9-27-15/h2-11,21H,12H2,1H3,(H,22,23). The van der Waals surface area contributed by atoms with Crippen molar-refractivity contribution in [1.82, 2.24) is 4.72 Å². The first-order valence-electron chi connectivity index (χ1n) is 8.16. The number of furan rings is 1. The van der Waals surface area contributed by atoms with Crippen molar-refractivity contribution < 1.29 is 22.4 Å². The molecule has 0 atom stereocenters. The molecule has 2 N–H and O–H groups in total. The van der Waals surface area contributed by atoms with E-state index in [9.17, 15) is 13.2 Å². The van der Waals surface area contributed by atoms with Crippen LogP contribution in [0.2, 0.25) is 5.02 Å². The molecule has 1 aromatic heterocycles. The van der Waals surface area contributed by atoms with Gasteiger partial charge in [-0.25, -0.2) is 13.1 Å². The van der Waals surface area contributed by atoms with Crippen LogP contribution in [0.5, 0.6) is 5.75 Å². The first-order chi connectivity index (χ1) is 13.4. The van der Waals surface area contributed by atoms with Crippen molar-refractivity contribution in [1.29, 1.82) is 0 Å². The van der Waals surface area contributed by atoms with Crippen molar-refractivity contribution in [2.75, 3.05) is 12.4 Å². The average molecular weight is 421 g/mol. The summed E-state index contributed by atoms with van der Waals surface area (Å²) in [7, 11) is -2.34. The van der Waals surface area contributed by atoms with Gasteiger partial charge in [0.2, 0.25) is 10.0 Å². The van der Waals surface area contributed by atoms with E-state index >= 15 is 0 Å². The zero-order valence-electron chi connectivity index (χ0n) is 14.8. The summed E-state index contributed by atoms with van der Waals surface area (Å²) in [6, 6.07) is 13.9. The molecule has 3 rings (SSSR count). The Hall–Kier alpha value is -2.81. The molecular weight excluding hydrogens is 404 g/mol. The van der Waals surface area contributed by atoms with E-state index in [1.165, 1.54) is 37.6 Å². The lowest BCUT2D eigenvalue weighted by molar-refractivity contribution is 0.102. The van der Waals surface area contributed by atoms with Crippen molar-refractivity contribution in [3.05, 3.63) is 77.2 Å². The van der Waals surface area contributed by atoms with Gasteiger partial charge in [0.25, 0.3) is 5.91 Å². The number of rotatable bonds is 7. The van der Waals surface area contributed by atoms with Crippen LogP contribution in [0.4, 0.5) is 5.69 Å². The number of carbonyl (C=O) groups excluding carboxylic acids is 1. The number of nitrogens with one attached hydrogen (secondary N) is 2. The number of hydrogen-bond donors (Lipinski definition) is 2. The molecule has 0 saturated heterocycles. The molecule has 3 aromatic rings. The molecule has 0 unspecified atom stereocenters. The van der Waals surface area contributed by atoms with E-state index in [2.05, 4.69) is 10.0 Å². The molecule has 146 valence electrons. The van der Waals surface area contributed by atoms with Crippen molar-refractivity contribution in [2.45, 2.75) is 11.4 Å². The van der Waals surface area contributed by atoms with E-state index in [4.69, 9.17) is 20.8 Å². The highest BCUT2D eigenvalue weighted by Crippen LogP contribution is 2.24. The van der Waals surface area contributed by atoms with Gasteiger partial charge in [0.1, 0.15) is 11.5 Å². The molecule has 0 fully saturated rings. The molecule has 28 heavy (non-hydrogen) atoms. The van der Waals surface area contributed by atoms with Crippen LogP contribution in [-0.2, 0) is 16.6 Å². The van der Waals surface area contributed by atoms with Crippen LogP contribution in [0.25, 0.3) is 0 Å². The summed E-state index contributed by atoms with van der Waals surface area (Å²) in [5.74, 6) is 0.365. The summed E-state index contributed by atoms with van der Waals surface area (Å²) in [6.45, 7) is 0.0195. The third-order valence-electron chi connectivity index (χ3n) is 3.82. The molecule has 9 heteroatoms. The van der Waals surface area contributed by atoms with Gasteiger partial charge in [0, 0.05) is 10.7 Å². The minimum atomic E-state index is -3.79. The van der Waals surface area contributed by atoms with E-state index in [0.29, 0.717) is 22.2 Å². The van der Waals surface area contributed by atoms with Crippen LogP contribution in [-0.4, -0.2) is 21.4 Å². The topological polar surface area (TPSA) is 97.6 Å². The number of benzene rings is 2. The van der Waals surface area contributed by atoms with Crippen LogP contribution in [0, 0.1) is 0 Å². The summed E-state index contributed by atoms with van der Waals surface area (Å²) in [5, 5.41) is 3.03. The smallest absolute Gasteiger partial charge is 0.259 e. The highest BCUT2D eigenvalue weighted by molar-refractivity contribution is 7.89. The fourth-order valence-electron chi connectivity index (χ4n) is 2.46. The quantitative estimate of drug-likeness (QED) is 0.607. The Morgan fingerprint density at radius 1 is 1.14 bits per heavy atom. The first-order valence-corrected chi connectivity index (χ1v) is 10.0. The minimum Gasteiger partial charge on any atom is -0.496 e. The predicted molar refractivity (Wildman–Crippen MR) is 105 cm³/mol. The van der Waals surface area contributed by atoms with Gasteiger partial charge < -0.3 is 14.5 Å². The fourth-order valence-corrected chi connectivity index (χ4v) is 3.67. The van der Waals surface area contributed by atoms with Crippen LogP contribution in [0.15, 0.2) is 70.2 Å². The Morgan fingerprint density at radius 2 is 1.96 bits per heavy atom. The molecule has 2 aromatic carbocycles. The van der Waals surface area contributed by atoms with E-state index in [1.807, 2.05) is 0 Å². The third kappa shape index (κ3) is 4.72. The summed E-state index contributed by atoms with van der Waals surface area (Å²) < 4.78 is 37.7. The van der Waals surface area contributed by atoms with Gasteiger partial charge in [-0.2, -0.15) is 0 Å². The normalized spacial score (nSPS) is 11.2. The number of anilines is 1. The second kappa shape index (κ2) is 8.47. The maximum atomic E-state index is 12.6. The Labute approximate surface area is 167 Å². The first kappa shape index (κ1) is 19.9. The number of halogens is 1. The Balaban J connectivity index is 1.78.